The Hall–Kier alpha value is -3.78. The molecule has 0 aromatic heterocycles. The fourth-order valence-corrected chi connectivity index (χ4v) is 14.4. The molecule has 11 atom stereocenters. The van der Waals surface area contributed by atoms with Crippen LogP contribution in [0.4, 0.5) is 0 Å². The molecule has 2 aromatic carbocycles. The molecule has 3 N–H and O–H groups in total. The first-order chi connectivity index (χ1) is 24.8. The molecule has 5 saturated carbocycles. The van der Waals surface area contributed by atoms with E-state index >= 15 is 0 Å². The number of hydrogen-bond donors (Lipinski definition) is 3. The molecule has 11 unspecified atom stereocenters. The fraction of sp³-hybridized carbons (Fsp3) is 0.600. The second-order valence-corrected chi connectivity index (χ2v) is 19.2. The Morgan fingerprint density at radius 1 is 0.830 bits per heavy atom. The number of aliphatic hydroxyl groups excluding tert-OH is 1. The third-order valence-electron chi connectivity index (χ3n) is 17.0. The number of aliphatic carboxylic acids is 1. The number of phenolic OH excluding ortho intramolecular Hbond substituents is 1. The van der Waals surface area contributed by atoms with Crippen LogP contribution in [-0.2, 0) is 9.59 Å². The average molecular weight is 723 g/mol. The molecule has 8 rings (SSSR count). The van der Waals surface area contributed by atoms with Crippen molar-refractivity contribution >= 4 is 23.5 Å². The van der Waals surface area contributed by atoms with Crippen LogP contribution in [0.5, 0.6) is 11.5 Å². The topological polar surface area (TPSA) is 138 Å². The first kappa shape index (κ1) is 36.2. The molecular weight excluding hydrogens is 668 g/mol. The Morgan fingerprint density at radius 3 is 2.23 bits per heavy atom. The van der Waals surface area contributed by atoms with Crippen LogP contribution in [0.1, 0.15) is 130 Å². The minimum Gasteiger partial charge on any atom is -0.507 e. The lowest BCUT2D eigenvalue weighted by atomic mass is 9.34. The zero-order valence-corrected chi connectivity index (χ0v) is 32.2. The van der Waals surface area contributed by atoms with E-state index in [0.29, 0.717) is 18.4 Å². The van der Waals surface area contributed by atoms with Crippen molar-refractivity contribution in [2.45, 2.75) is 106 Å². The van der Waals surface area contributed by atoms with Crippen molar-refractivity contribution < 1.29 is 39.2 Å². The van der Waals surface area contributed by atoms with E-state index in [2.05, 4.69) is 48.1 Å². The van der Waals surface area contributed by atoms with Gasteiger partial charge in [-0.25, -0.2) is 0 Å². The summed E-state index contributed by atoms with van der Waals surface area (Å²) < 4.78 is 6.29. The van der Waals surface area contributed by atoms with E-state index in [0.717, 1.165) is 44.1 Å². The molecule has 0 aliphatic heterocycles. The van der Waals surface area contributed by atoms with E-state index in [-0.39, 0.29) is 80.1 Å². The highest BCUT2D eigenvalue weighted by Crippen LogP contribution is 2.79. The summed E-state index contributed by atoms with van der Waals surface area (Å²) in [6, 6.07) is 7.67. The maximum atomic E-state index is 14.8. The lowest BCUT2D eigenvalue weighted by Gasteiger charge is -2.70. The number of ether oxygens (including phenoxy) is 1. The van der Waals surface area contributed by atoms with Crippen molar-refractivity contribution in [3.8, 4) is 11.5 Å². The van der Waals surface area contributed by atoms with Gasteiger partial charge < -0.3 is 20.1 Å². The molecule has 0 radical (unpaired) electrons. The fourth-order valence-electron chi connectivity index (χ4n) is 14.4. The van der Waals surface area contributed by atoms with Crippen molar-refractivity contribution in [2.75, 3.05) is 0 Å². The van der Waals surface area contributed by atoms with Gasteiger partial charge in [-0.15, -0.1) is 0 Å². The minimum absolute atomic E-state index is 0.00109. The van der Waals surface area contributed by atoms with Crippen molar-refractivity contribution in [3.63, 3.8) is 0 Å². The molecule has 6 aliphatic rings. The number of carboxylic acid groups (broad SMARTS) is 1. The van der Waals surface area contributed by atoms with Crippen molar-refractivity contribution in [1.82, 2.24) is 0 Å². The summed E-state index contributed by atoms with van der Waals surface area (Å²) in [4.78, 5) is 54.8. The molecule has 8 nitrogen and oxygen atoms in total. The second-order valence-electron chi connectivity index (χ2n) is 19.2. The molecule has 53 heavy (non-hydrogen) atoms. The van der Waals surface area contributed by atoms with E-state index in [1.165, 1.54) is 18.2 Å². The summed E-state index contributed by atoms with van der Waals surface area (Å²) in [5.41, 5.74) is 0.0204. The van der Waals surface area contributed by atoms with Gasteiger partial charge in [-0.1, -0.05) is 46.8 Å². The van der Waals surface area contributed by atoms with Gasteiger partial charge in [0.25, 0.3) is 0 Å². The van der Waals surface area contributed by atoms with E-state index in [1.54, 1.807) is 19.1 Å². The largest absolute Gasteiger partial charge is 0.507 e. The molecule has 2 aromatic rings. The van der Waals surface area contributed by atoms with E-state index in [9.17, 15) is 34.5 Å². The number of benzene rings is 2. The van der Waals surface area contributed by atoms with Crippen LogP contribution in [0.3, 0.4) is 0 Å². The minimum atomic E-state index is -0.915. The van der Waals surface area contributed by atoms with Gasteiger partial charge in [-0.3, -0.25) is 19.2 Å². The zero-order chi connectivity index (χ0) is 38.4. The molecule has 6 aliphatic carbocycles. The van der Waals surface area contributed by atoms with Crippen LogP contribution in [0.15, 0.2) is 42.5 Å². The summed E-state index contributed by atoms with van der Waals surface area (Å²) in [7, 11) is 0. The predicted octanol–water partition coefficient (Wildman–Crippen LogP) is 8.32. The number of rotatable bonds is 4. The molecule has 0 amide bonds. The summed E-state index contributed by atoms with van der Waals surface area (Å²) in [6.07, 6.45) is 5.58. The number of aryl methyl sites for hydroxylation is 1. The Bertz CT molecular complexity index is 2010. The smallest absolute Gasteiger partial charge is 0.317 e. The summed E-state index contributed by atoms with van der Waals surface area (Å²) in [5.74, 6) is -2.34. The van der Waals surface area contributed by atoms with Crippen LogP contribution in [0.2, 0.25) is 0 Å². The SMILES string of the molecule is C=C(C)C1CCC2(C(=O)Oc3ccc4c(c3)C(=O)c3cc(C)cc(O)c3C4=O)CCC3(C)C(CCC4C5(C)C(C(=O)O)C(O)C(C)(C)C5CCC43C)C12. The highest BCUT2D eigenvalue weighted by atomic mass is 16.5. The number of esters is 1. The second kappa shape index (κ2) is 11.4. The molecule has 0 bridgehead atoms. The lowest BCUT2D eigenvalue weighted by molar-refractivity contribution is -0.227. The Balaban J connectivity index is 1.14. The molecule has 8 heteroatoms. The Labute approximate surface area is 312 Å². The van der Waals surface area contributed by atoms with E-state index < -0.39 is 45.8 Å². The van der Waals surface area contributed by atoms with Gasteiger partial charge in [0.2, 0.25) is 0 Å². The monoisotopic (exact) mass is 722 g/mol. The average Bonchev–Trinajstić information content (AvgIpc) is 3.55. The van der Waals surface area contributed by atoms with Gasteiger partial charge in [-0.05, 0) is 152 Å². The van der Waals surface area contributed by atoms with Gasteiger partial charge in [0.1, 0.15) is 11.5 Å². The zero-order valence-electron chi connectivity index (χ0n) is 32.2. The molecule has 0 saturated heterocycles. The third-order valence-corrected chi connectivity index (χ3v) is 17.0. The molecule has 5 fully saturated rings. The standard InChI is InChI=1S/C45H54O8/c1-22(2)25-13-16-45(40(52)53-24-9-10-26-27(21-24)36(47)28-19-23(3)20-30(46)33(28)37(26)48)18-17-42(6)29(34(25)45)11-12-32-43(42,7)15-14-31-41(4,5)38(49)35(39(50)51)44(31,32)8/h9-10,19-21,25,29,31-32,34-35,38,46,49H,1,11-18H2,2-8H3,(H,50,51). The molecule has 0 heterocycles. The van der Waals surface area contributed by atoms with Gasteiger partial charge in [0.15, 0.2) is 11.6 Å². The van der Waals surface area contributed by atoms with Crippen LogP contribution < -0.4 is 4.74 Å². The van der Waals surface area contributed by atoms with Gasteiger partial charge in [0, 0.05) is 16.7 Å². The van der Waals surface area contributed by atoms with Crippen molar-refractivity contribution in [1.29, 1.82) is 0 Å². The summed E-state index contributed by atoms with van der Waals surface area (Å²) in [5, 5.41) is 32.7. The number of carboxylic acids is 1. The third kappa shape index (κ3) is 4.45. The number of ketones is 2. The van der Waals surface area contributed by atoms with Gasteiger partial charge >= 0.3 is 11.9 Å². The van der Waals surface area contributed by atoms with Crippen LogP contribution in [0, 0.1) is 69.5 Å². The number of phenols is 1. The molecular formula is C45H54O8. The number of aliphatic hydroxyl groups is 1. The number of carbonyl (C=O) groups is 4. The molecule has 282 valence electrons. The number of hydrogen-bond acceptors (Lipinski definition) is 7. The predicted molar refractivity (Wildman–Crippen MR) is 199 cm³/mol. The van der Waals surface area contributed by atoms with Crippen LogP contribution in [-0.4, -0.2) is 44.9 Å². The summed E-state index contributed by atoms with van der Waals surface area (Å²) >= 11 is 0. The number of carbonyl (C=O) groups excluding carboxylic acids is 3. The normalized spacial score (nSPS) is 40.6. The summed E-state index contributed by atoms with van der Waals surface area (Å²) in [6.45, 7) is 19.3. The maximum absolute atomic E-state index is 14.8. The number of fused-ring (bicyclic) bond motifs is 9. The van der Waals surface area contributed by atoms with E-state index in [1.807, 2.05) is 0 Å². The lowest BCUT2D eigenvalue weighted by Crippen LogP contribution is -2.65. The van der Waals surface area contributed by atoms with Gasteiger partial charge in [-0.2, -0.15) is 0 Å². The Morgan fingerprint density at radius 2 is 1.55 bits per heavy atom. The van der Waals surface area contributed by atoms with Crippen LogP contribution >= 0.6 is 0 Å². The van der Waals surface area contributed by atoms with Crippen molar-refractivity contribution in [2.24, 2.45) is 62.6 Å². The highest BCUT2D eigenvalue weighted by molar-refractivity contribution is 6.29. The first-order valence-electron chi connectivity index (χ1n) is 19.6. The molecule has 0 spiro atoms. The Kier molecular flexibility index (Phi) is 7.77. The maximum Gasteiger partial charge on any atom is 0.317 e. The van der Waals surface area contributed by atoms with Crippen LogP contribution in [0.25, 0.3) is 0 Å². The number of allylic oxidation sites excluding steroid dienone is 1. The first-order valence-corrected chi connectivity index (χ1v) is 19.6. The van der Waals surface area contributed by atoms with E-state index in [4.69, 9.17) is 4.74 Å². The van der Waals surface area contributed by atoms with Crippen molar-refractivity contribution in [3.05, 3.63) is 70.3 Å². The quantitative estimate of drug-likeness (QED) is 0.139. The highest BCUT2D eigenvalue weighted by Gasteiger charge is 2.76. The number of aromatic hydroxyl groups is 1. The van der Waals surface area contributed by atoms with Gasteiger partial charge in [0.05, 0.1) is 23.0 Å².